The van der Waals surface area contributed by atoms with E-state index in [1.165, 1.54) is 55.4 Å². The minimum Gasteiger partial charge on any atom is -0.491 e. The fraction of sp³-hybridized carbons (Fsp3) is 0.595. The fourth-order valence-electron chi connectivity index (χ4n) is 7.23. The number of rotatable bonds is 7. The molecule has 6 nitrogen and oxygen atoms in total. The maximum absolute atomic E-state index is 13.2. The molecule has 3 aliphatic heterocycles. The Hall–Kier alpha value is -2.19. The van der Waals surface area contributed by atoms with E-state index in [-0.39, 0.29) is 29.8 Å². The Labute approximate surface area is 279 Å². The molecule has 2 aromatic rings. The number of fused-ring (bicyclic) bond motifs is 2. The summed E-state index contributed by atoms with van der Waals surface area (Å²) in [6, 6.07) is 12.8. The molecular formula is C37H50ClN3O3S. The molecule has 4 aliphatic rings. The lowest BCUT2D eigenvalue weighted by molar-refractivity contribution is -0.123. The molecule has 6 rings (SSSR count). The summed E-state index contributed by atoms with van der Waals surface area (Å²) < 4.78 is 16.4. The Kier molecular flexibility index (Phi) is 11.0. The predicted molar refractivity (Wildman–Crippen MR) is 185 cm³/mol. The second kappa shape index (κ2) is 15.1. The predicted octanol–water partition coefficient (Wildman–Crippen LogP) is 7.75. The van der Waals surface area contributed by atoms with Gasteiger partial charge < -0.3 is 19.3 Å². The quantitative estimate of drug-likeness (QED) is 0.244. The summed E-state index contributed by atoms with van der Waals surface area (Å²) in [7, 11) is 0. The van der Waals surface area contributed by atoms with Crippen molar-refractivity contribution in [2.75, 3.05) is 50.8 Å². The van der Waals surface area contributed by atoms with Crippen molar-refractivity contribution in [3.05, 3.63) is 64.7 Å². The van der Waals surface area contributed by atoms with Crippen molar-refractivity contribution in [2.24, 2.45) is 23.7 Å². The van der Waals surface area contributed by atoms with Gasteiger partial charge in [-0.15, -0.1) is 0 Å². The third kappa shape index (κ3) is 7.86. The van der Waals surface area contributed by atoms with E-state index in [0.29, 0.717) is 18.4 Å². The van der Waals surface area contributed by atoms with Crippen LogP contribution >= 0.6 is 23.5 Å². The highest BCUT2D eigenvalue weighted by Gasteiger charge is 2.39. The van der Waals surface area contributed by atoms with E-state index in [2.05, 4.69) is 70.9 Å². The van der Waals surface area contributed by atoms with Crippen LogP contribution < -0.4 is 14.4 Å². The molecule has 1 aliphatic carbocycles. The molecule has 2 aromatic carbocycles. The van der Waals surface area contributed by atoms with Gasteiger partial charge in [-0.1, -0.05) is 57.0 Å². The number of aryl methyl sites for hydroxylation is 1. The zero-order chi connectivity index (χ0) is 31.3. The van der Waals surface area contributed by atoms with Crippen LogP contribution in [-0.4, -0.2) is 62.8 Å². The van der Waals surface area contributed by atoms with Crippen molar-refractivity contribution in [1.82, 2.24) is 9.62 Å². The second-order valence-corrected chi connectivity index (χ2v) is 15.0. The number of halogens is 1. The van der Waals surface area contributed by atoms with Gasteiger partial charge in [0.25, 0.3) is 0 Å². The number of anilines is 1. The van der Waals surface area contributed by atoms with Crippen molar-refractivity contribution < 1.29 is 14.3 Å². The number of nitrogens with zero attached hydrogens (tertiary/aromatic N) is 2. The number of amides is 1. The van der Waals surface area contributed by atoms with E-state index < -0.39 is 0 Å². The highest BCUT2D eigenvalue weighted by atomic mass is 35.5. The summed E-state index contributed by atoms with van der Waals surface area (Å²) >= 11 is 7.88. The second-order valence-electron chi connectivity index (χ2n) is 13.7. The Bertz CT molecular complexity index is 1350. The van der Waals surface area contributed by atoms with Gasteiger partial charge in [0.15, 0.2) is 0 Å². The average Bonchev–Trinajstić information content (AvgIpc) is 3.17. The summed E-state index contributed by atoms with van der Waals surface area (Å²) in [6.45, 7) is 13.1. The van der Waals surface area contributed by atoms with Crippen LogP contribution in [0.1, 0.15) is 69.9 Å². The zero-order valence-electron chi connectivity index (χ0n) is 27.2. The van der Waals surface area contributed by atoms with Crippen LogP contribution in [0.4, 0.5) is 5.69 Å². The minimum absolute atomic E-state index is 0.0729. The molecule has 1 saturated carbocycles. The van der Waals surface area contributed by atoms with Gasteiger partial charge in [-0.25, -0.2) is 0 Å². The van der Waals surface area contributed by atoms with Crippen molar-refractivity contribution in [1.29, 1.82) is 0 Å². The lowest BCUT2D eigenvalue weighted by Gasteiger charge is -2.44. The van der Waals surface area contributed by atoms with Crippen molar-refractivity contribution in [3.63, 3.8) is 0 Å². The van der Waals surface area contributed by atoms with Gasteiger partial charge in [0.2, 0.25) is 5.91 Å². The standard InChI is InChI=1S/C37H50ClN3O3S/c1-4-7-27-20-30(38)11-14-32(27)29-23-41-22-28-10-13-33(28)35(43-19-18-40-16-6-17-40)9-5-8-25(2)26(3)37(42)39-45-31-12-15-36(44-24-29)34(41)21-31/h5,9,11-12,14-15,20-21,25-26,28-29,33,35H,4,6-8,10,13,16-19,22-24H2,1-3H3,(H,39,42)/b9-5+. The normalized spacial score (nSPS) is 29.8. The number of benzene rings is 2. The third-order valence-electron chi connectivity index (χ3n) is 10.6. The average molecular weight is 652 g/mol. The molecule has 0 radical (unpaired) electrons. The van der Waals surface area contributed by atoms with Gasteiger partial charge in [-0.3, -0.25) is 9.52 Å². The van der Waals surface area contributed by atoms with Crippen LogP contribution in [0.3, 0.4) is 0 Å². The molecule has 1 saturated heterocycles. The molecule has 1 amide bonds. The summed E-state index contributed by atoms with van der Waals surface area (Å²) in [5, 5.41) is 0.794. The monoisotopic (exact) mass is 651 g/mol. The van der Waals surface area contributed by atoms with Gasteiger partial charge in [0.1, 0.15) is 5.75 Å². The summed E-state index contributed by atoms with van der Waals surface area (Å²) in [6.07, 6.45) is 11.3. The molecule has 3 heterocycles. The zero-order valence-corrected chi connectivity index (χ0v) is 28.8. The molecule has 0 aromatic heterocycles. The van der Waals surface area contributed by atoms with E-state index in [1.54, 1.807) is 0 Å². The highest BCUT2D eigenvalue weighted by molar-refractivity contribution is 7.98. The maximum atomic E-state index is 13.2. The van der Waals surface area contributed by atoms with Crippen molar-refractivity contribution >= 4 is 35.1 Å². The number of carbonyl (C=O) groups excluding carboxylic acids is 1. The van der Waals surface area contributed by atoms with E-state index in [9.17, 15) is 4.79 Å². The largest absolute Gasteiger partial charge is 0.491 e. The van der Waals surface area contributed by atoms with Crippen LogP contribution in [0.2, 0.25) is 5.02 Å². The molecular weight excluding hydrogens is 602 g/mol. The number of nitrogens with one attached hydrogen (secondary N) is 1. The van der Waals surface area contributed by atoms with E-state index in [4.69, 9.17) is 21.1 Å². The molecule has 244 valence electrons. The Morgan fingerprint density at radius 2 is 1.98 bits per heavy atom. The molecule has 8 heteroatoms. The first-order valence-electron chi connectivity index (χ1n) is 17.2. The van der Waals surface area contributed by atoms with E-state index in [1.807, 2.05) is 13.0 Å². The number of likely N-dealkylation sites (tertiary alicyclic amines) is 1. The highest BCUT2D eigenvalue weighted by Crippen LogP contribution is 2.44. The van der Waals surface area contributed by atoms with Crippen LogP contribution in [0.15, 0.2) is 53.4 Å². The molecule has 2 fully saturated rings. The van der Waals surface area contributed by atoms with Crippen LogP contribution in [-0.2, 0) is 16.0 Å². The lowest BCUT2D eigenvalue weighted by atomic mass is 9.70. The topological polar surface area (TPSA) is 54.0 Å². The van der Waals surface area contributed by atoms with Gasteiger partial charge in [0.05, 0.1) is 25.0 Å². The van der Waals surface area contributed by atoms with E-state index >= 15 is 0 Å². The van der Waals surface area contributed by atoms with Crippen LogP contribution in [0, 0.1) is 23.7 Å². The molecule has 0 spiro atoms. The first-order chi connectivity index (χ1) is 21.9. The van der Waals surface area contributed by atoms with E-state index in [0.717, 1.165) is 66.9 Å². The SMILES string of the molecule is CCCc1cc(Cl)ccc1C1COc2ccc3cc2N(C1)CC1CCC1C(OCCN1CCC1)/C=C/CC(C)C(C)C(=O)NS3. The van der Waals surface area contributed by atoms with Crippen molar-refractivity contribution in [2.45, 2.75) is 76.2 Å². The smallest absolute Gasteiger partial charge is 0.233 e. The number of carbonyl (C=O) groups is 1. The summed E-state index contributed by atoms with van der Waals surface area (Å²) in [4.78, 5) is 19.2. The van der Waals surface area contributed by atoms with Gasteiger partial charge in [-0.2, -0.15) is 0 Å². The maximum Gasteiger partial charge on any atom is 0.233 e. The Morgan fingerprint density at radius 1 is 1.11 bits per heavy atom. The number of hydrogen-bond donors (Lipinski definition) is 1. The van der Waals surface area contributed by atoms with Gasteiger partial charge >= 0.3 is 0 Å². The van der Waals surface area contributed by atoms with Gasteiger partial charge in [-0.05, 0) is 116 Å². The lowest BCUT2D eigenvalue weighted by Crippen LogP contribution is -2.45. The molecule has 1 N–H and O–H groups in total. The Balaban J connectivity index is 1.30. The summed E-state index contributed by atoms with van der Waals surface area (Å²) in [5.74, 6) is 2.39. The molecule has 6 unspecified atom stereocenters. The number of ether oxygens (including phenoxy) is 2. The summed E-state index contributed by atoms with van der Waals surface area (Å²) in [5.41, 5.74) is 3.78. The minimum atomic E-state index is -0.0876. The third-order valence-corrected chi connectivity index (χ3v) is 11.6. The first kappa shape index (κ1) is 32.7. The number of allylic oxidation sites excluding steroid dienone is 1. The fourth-order valence-corrected chi connectivity index (χ4v) is 8.14. The molecule has 6 atom stereocenters. The van der Waals surface area contributed by atoms with Gasteiger partial charge in [0, 0.05) is 41.4 Å². The molecule has 45 heavy (non-hydrogen) atoms. The van der Waals surface area contributed by atoms with Crippen LogP contribution in [0.25, 0.3) is 0 Å². The molecule has 2 bridgehead atoms. The number of hydrogen-bond acceptors (Lipinski definition) is 6. The first-order valence-corrected chi connectivity index (χ1v) is 18.4. The van der Waals surface area contributed by atoms with Crippen LogP contribution in [0.5, 0.6) is 5.75 Å². The Morgan fingerprint density at radius 3 is 2.73 bits per heavy atom. The van der Waals surface area contributed by atoms with Crippen molar-refractivity contribution in [3.8, 4) is 5.75 Å².